The number of nitrogens with one attached hydrogen (secondary N) is 1. The number of ether oxygens (including phenoxy) is 1. The van der Waals surface area contributed by atoms with Crippen LogP contribution in [0.4, 0.5) is 5.69 Å². The number of hydrogen-bond acceptors (Lipinski definition) is 4. The molecule has 2 rings (SSSR count). The Kier molecular flexibility index (Phi) is 5.75. The largest absolute Gasteiger partial charge is 0.476 e. The summed E-state index contributed by atoms with van der Waals surface area (Å²) in [7, 11) is -3.54. The number of amides is 1. The Hall–Kier alpha value is -1.47. The second-order valence-corrected chi connectivity index (χ2v) is 7.85. The summed E-state index contributed by atoms with van der Waals surface area (Å²) in [6.45, 7) is 2.57. The lowest BCUT2D eigenvalue weighted by molar-refractivity contribution is -0.127. The third-order valence-electron chi connectivity index (χ3n) is 3.56. The summed E-state index contributed by atoms with van der Waals surface area (Å²) in [5, 5.41) is 3.20. The Bertz CT molecular complexity index is 678. The number of rotatable bonds is 6. The topological polar surface area (TPSA) is 75.7 Å². The van der Waals surface area contributed by atoms with Crippen LogP contribution in [0.5, 0.6) is 5.75 Å². The fraction of sp³-hybridized carbons (Fsp3) is 0.533. The first-order valence-electron chi connectivity index (χ1n) is 7.54. The molecule has 0 spiro atoms. The van der Waals surface area contributed by atoms with Gasteiger partial charge in [0.1, 0.15) is 5.75 Å². The lowest BCUT2D eigenvalue weighted by Crippen LogP contribution is -2.50. The summed E-state index contributed by atoms with van der Waals surface area (Å²) in [6.07, 6.45) is 3.20. The number of unbranched alkanes of at least 4 members (excludes halogenated alkanes) is 2. The van der Waals surface area contributed by atoms with E-state index in [4.69, 9.17) is 16.3 Å². The van der Waals surface area contributed by atoms with Crippen LogP contribution in [0.2, 0.25) is 5.02 Å². The zero-order chi connectivity index (χ0) is 17.0. The molecule has 0 saturated carbocycles. The van der Waals surface area contributed by atoms with Crippen molar-refractivity contribution in [3.05, 3.63) is 23.2 Å². The van der Waals surface area contributed by atoms with Crippen molar-refractivity contribution in [1.29, 1.82) is 0 Å². The van der Waals surface area contributed by atoms with Crippen LogP contribution in [-0.2, 0) is 14.8 Å². The van der Waals surface area contributed by atoms with Gasteiger partial charge in [0, 0.05) is 11.6 Å². The maximum atomic E-state index is 12.2. The molecule has 1 atom stereocenters. The van der Waals surface area contributed by atoms with Crippen molar-refractivity contribution in [2.24, 2.45) is 0 Å². The van der Waals surface area contributed by atoms with E-state index >= 15 is 0 Å². The van der Waals surface area contributed by atoms with Crippen molar-refractivity contribution >= 4 is 33.2 Å². The van der Waals surface area contributed by atoms with Crippen LogP contribution in [0.15, 0.2) is 18.2 Å². The van der Waals surface area contributed by atoms with Crippen LogP contribution in [0.1, 0.15) is 26.2 Å². The average Bonchev–Trinajstić information content (AvgIpc) is 2.49. The van der Waals surface area contributed by atoms with Crippen molar-refractivity contribution in [2.45, 2.75) is 32.3 Å². The number of fused-ring (bicyclic) bond motifs is 1. The monoisotopic (exact) mass is 360 g/mol. The van der Waals surface area contributed by atoms with Gasteiger partial charge >= 0.3 is 0 Å². The van der Waals surface area contributed by atoms with Gasteiger partial charge in [0.05, 0.1) is 18.5 Å². The summed E-state index contributed by atoms with van der Waals surface area (Å²) in [5.41, 5.74) is 0.357. The van der Waals surface area contributed by atoms with Gasteiger partial charge in [-0.15, -0.1) is 0 Å². The maximum absolute atomic E-state index is 12.2. The molecule has 1 N–H and O–H groups in total. The number of nitrogens with zero attached hydrogens (tertiary/aromatic N) is 1. The fourth-order valence-corrected chi connectivity index (χ4v) is 3.45. The summed E-state index contributed by atoms with van der Waals surface area (Å²) in [4.78, 5) is 12.2. The van der Waals surface area contributed by atoms with Crippen LogP contribution >= 0.6 is 11.6 Å². The van der Waals surface area contributed by atoms with Crippen molar-refractivity contribution in [3.63, 3.8) is 0 Å². The van der Waals surface area contributed by atoms with Crippen LogP contribution < -0.4 is 14.4 Å². The molecule has 0 aromatic heterocycles. The summed E-state index contributed by atoms with van der Waals surface area (Å²) >= 11 is 5.93. The summed E-state index contributed by atoms with van der Waals surface area (Å²) in [5.74, 6) is 0.0233. The summed E-state index contributed by atoms with van der Waals surface area (Å²) < 4.78 is 30.9. The molecule has 1 amide bonds. The van der Waals surface area contributed by atoms with Crippen molar-refractivity contribution in [1.82, 2.24) is 5.32 Å². The minimum absolute atomic E-state index is 0.0637. The first-order valence-corrected chi connectivity index (χ1v) is 9.77. The molecule has 1 unspecified atom stereocenters. The quantitative estimate of drug-likeness (QED) is 0.789. The van der Waals surface area contributed by atoms with Gasteiger partial charge in [-0.25, -0.2) is 8.42 Å². The molecule has 8 heteroatoms. The highest BCUT2D eigenvalue weighted by atomic mass is 35.5. The SMILES string of the molecule is CCCCCNC(=O)C1CN(S(C)(=O)=O)c2cc(Cl)ccc2O1. The minimum atomic E-state index is -3.54. The number of hydrogen-bond donors (Lipinski definition) is 1. The first-order chi connectivity index (χ1) is 10.8. The van der Waals surface area contributed by atoms with E-state index < -0.39 is 16.1 Å². The molecule has 0 aliphatic carbocycles. The molecule has 23 heavy (non-hydrogen) atoms. The number of carbonyl (C=O) groups is 1. The van der Waals surface area contributed by atoms with Crippen LogP contribution in [0.25, 0.3) is 0 Å². The standard InChI is InChI=1S/C15H21ClN2O4S/c1-3-4-5-8-17-15(19)14-10-18(23(2,20)21)12-9-11(16)6-7-13(12)22-14/h6-7,9,14H,3-5,8,10H2,1-2H3,(H,17,19). The molecule has 0 radical (unpaired) electrons. The second kappa shape index (κ2) is 7.40. The number of carbonyl (C=O) groups excluding carboxylic acids is 1. The Balaban J connectivity index is 2.17. The van der Waals surface area contributed by atoms with E-state index in [0.717, 1.165) is 29.8 Å². The molecular formula is C15H21ClN2O4S. The van der Waals surface area contributed by atoms with Gasteiger partial charge < -0.3 is 10.1 Å². The fourth-order valence-electron chi connectivity index (χ4n) is 2.38. The third kappa shape index (κ3) is 4.51. The lowest BCUT2D eigenvalue weighted by Gasteiger charge is -2.34. The van der Waals surface area contributed by atoms with Gasteiger partial charge in [-0.3, -0.25) is 9.10 Å². The minimum Gasteiger partial charge on any atom is -0.476 e. The number of anilines is 1. The van der Waals surface area contributed by atoms with Gasteiger partial charge in [-0.2, -0.15) is 0 Å². The van der Waals surface area contributed by atoms with Gasteiger partial charge in [0.15, 0.2) is 6.10 Å². The predicted octanol–water partition coefficient (Wildman–Crippen LogP) is 2.17. The smallest absolute Gasteiger partial charge is 0.263 e. The van der Waals surface area contributed by atoms with Gasteiger partial charge in [0.25, 0.3) is 5.91 Å². The highest BCUT2D eigenvalue weighted by Crippen LogP contribution is 2.37. The van der Waals surface area contributed by atoms with Crippen LogP contribution in [0.3, 0.4) is 0 Å². The highest BCUT2D eigenvalue weighted by molar-refractivity contribution is 7.92. The van der Waals surface area contributed by atoms with Gasteiger partial charge in [-0.1, -0.05) is 31.4 Å². The Morgan fingerprint density at radius 2 is 2.17 bits per heavy atom. The van der Waals surface area contributed by atoms with E-state index in [1.165, 1.54) is 6.07 Å². The number of benzene rings is 1. The van der Waals surface area contributed by atoms with Gasteiger partial charge in [0.2, 0.25) is 10.0 Å². The summed E-state index contributed by atoms with van der Waals surface area (Å²) in [6, 6.07) is 4.70. The molecule has 1 heterocycles. The zero-order valence-electron chi connectivity index (χ0n) is 13.2. The number of sulfonamides is 1. The molecule has 1 aromatic rings. The zero-order valence-corrected chi connectivity index (χ0v) is 14.8. The van der Waals surface area contributed by atoms with Crippen molar-refractivity contribution in [2.75, 3.05) is 23.7 Å². The molecule has 0 fully saturated rings. The molecule has 0 bridgehead atoms. The van der Waals surface area contributed by atoms with E-state index in [-0.39, 0.29) is 12.5 Å². The first kappa shape index (κ1) is 17.9. The molecule has 1 aliphatic heterocycles. The molecule has 1 aromatic carbocycles. The van der Waals surface area contributed by atoms with E-state index in [9.17, 15) is 13.2 Å². The molecule has 6 nitrogen and oxygen atoms in total. The lowest BCUT2D eigenvalue weighted by atomic mass is 10.2. The van der Waals surface area contributed by atoms with E-state index in [0.29, 0.717) is 23.0 Å². The van der Waals surface area contributed by atoms with Crippen molar-refractivity contribution in [3.8, 4) is 5.75 Å². The Morgan fingerprint density at radius 1 is 1.43 bits per heavy atom. The number of halogens is 1. The van der Waals surface area contributed by atoms with Crippen molar-refractivity contribution < 1.29 is 17.9 Å². The Labute approximate surface area is 141 Å². The van der Waals surface area contributed by atoms with E-state index in [1.807, 2.05) is 0 Å². The second-order valence-electron chi connectivity index (χ2n) is 5.51. The molecule has 1 aliphatic rings. The van der Waals surface area contributed by atoms with Crippen LogP contribution in [0, 0.1) is 0 Å². The maximum Gasteiger partial charge on any atom is 0.263 e. The molecule has 128 valence electrons. The highest BCUT2D eigenvalue weighted by Gasteiger charge is 2.34. The van der Waals surface area contributed by atoms with Gasteiger partial charge in [-0.05, 0) is 24.6 Å². The Morgan fingerprint density at radius 3 is 2.83 bits per heavy atom. The predicted molar refractivity (Wildman–Crippen MR) is 90.6 cm³/mol. The molecule has 0 saturated heterocycles. The van der Waals surface area contributed by atoms with E-state index in [2.05, 4.69) is 12.2 Å². The normalized spacial score (nSPS) is 17.3. The average molecular weight is 361 g/mol. The van der Waals surface area contributed by atoms with E-state index in [1.54, 1.807) is 12.1 Å². The third-order valence-corrected chi connectivity index (χ3v) is 4.94. The van der Waals surface area contributed by atoms with Crippen LogP contribution in [-0.4, -0.2) is 39.8 Å². The molecular weight excluding hydrogens is 340 g/mol.